The molecule has 1 aromatic carbocycles. The fourth-order valence-electron chi connectivity index (χ4n) is 1.34. The molecule has 0 N–H and O–H groups in total. The minimum atomic E-state index is -0.608. The Labute approximate surface area is 127 Å². The summed E-state index contributed by atoms with van der Waals surface area (Å²) in [6.45, 7) is 0.358. The van der Waals surface area contributed by atoms with Crippen LogP contribution >= 0.6 is 23.5 Å². The molecule has 0 aliphatic heterocycles. The van der Waals surface area contributed by atoms with Crippen LogP contribution in [0.2, 0.25) is 0 Å². The van der Waals surface area contributed by atoms with E-state index in [0.717, 1.165) is 0 Å². The van der Waals surface area contributed by atoms with Crippen LogP contribution in [-0.2, 0) is 9.53 Å². The molecule has 0 unspecified atom stereocenters. The van der Waals surface area contributed by atoms with Gasteiger partial charge in [-0.1, -0.05) is 18.2 Å². The van der Waals surface area contributed by atoms with Crippen LogP contribution in [0.25, 0.3) is 0 Å². The molecule has 1 rings (SSSR count). The zero-order chi connectivity index (χ0) is 14.8. The lowest BCUT2D eigenvalue weighted by molar-refractivity contribution is -0.139. The molecule has 0 amide bonds. The predicted octanol–water partition coefficient (Wildman–Crippen LogP) is 3.07. The third kappa shape index (κ3) is 5.19. The number of ether oxygens (including phenoxy) is 2. The van der Waals surface area contributed by atoms with Crippen LogP contribution in [0.15, 0.2) is 40.1 Å². The molecule has 0 saturated carbocycles. The lowest BCUT2D eigenvalue weighted by atomic mass is 10.3. The second-order valence-electron chi connectivity index (χ2n) is 3.48. The van der Waals surface area contributed by atoms with Crippen LogP contribution in [0.3, 0.4) is 0 Å². The van der Waals surface area contributed by atoms with E-state index in [1.165, 1.54) is 23.5 Å². The summed E-state index contributed by atoms with van der Waals surface area (Å²) >= 11 is 2.71. The van der Waals surface area contributed by atoms with Gasteiger partial charge in [-0.3, -0.25) is 0 Å². The average Bonchev–Trinajstić information content (AvgIpc) is 2.49. The number of carbonyl (C=O) groups excluding carboxylic acids is 1. The van der Waals surface area contributed by atoms with Crippen molar-refractivity contribution >= 4 is 29.5 Å². The Morgan fingerprint density at radius 3 is 2.40 bits per heavy atom. The molecule has 4 nitrogen and oxygen atoms in total. The van der Waals surface area contributed by atoms with Gasteiger partial charge in [0.15, 0.2) is 5.57 Å². The van der Waals surface area contributed by atoms with Gasteiger partial charge < -0.3 is 9.47 Å². The summed E-state index contributed by atoms with van der Waals surface area (Å²) in [5, 5.41) is 9.00. The standard InChI is InChI=1S/C14H15NO3S2/c1-19-14(20-2)12(10-15)13(16)18-9-8-17-11-6-4-3-5-7-11/h3-7H,8-9H2,1-2H3. The molecule has 20 heavy (non-hydrogen) atoms. The SMILES string of the molecule is CSC(SC)=C(C#N)C(=O)OCCOc1ccccc1. The van der Waals surface area contributed by atoms with Crippen molar-refractivity contribution < 1.29 is 14.3 Å². The number of thioether (sulfide) groups is 2. The normalized spacial score (nSPS) is 9.45. The Kier molecular flexibility index (Phi) is 7.70. The van der Waals surface area contributed by atoms with E-state index in [1.807, 2.05) is 48.9 Å². The van der Waals surface area contributed by atoms with Gasteiger partial charge in [-0.15, -0.1) is 23.5 Å². The molecule has 0 aromatic heterocycles. The molecule has 1 aromatic rings. The summed E-state index contributed by atoms with van der Waals surface area (Å²) in [5.74, 6) is 0.108. The van der Waals surface area contributed by atoms with Gasteiger partial charge in [0, 0.05) is 0 Å². The van der Waals surface area contributed by atoms with Gasteiger partial charge in [-0.05, 0) is 24.6 Å². The van der Waals surface area contributed by atoms with Crippen LogP contribution in [0.4, 0.5) is 0 Å². The van der Waals surface area contributed by atoms with Gasteiger partial charge in [0.05, 0.1) is 4.24 Å². The number of para-hydroxylation sites is 1. The maximum absolute atomic E-state index is 11.8. The van der Waals surface area contributed by atoms with Gasteiger partial charge in [0.1, 0.15) is 25.0 Å². The third-order valence-electron chi connectivity index (χ3n) is 2.22. The molecule has 0 atom stereocenters. The fourth-order valence-corrected chi connectivity index (χ4v) is 2.68. The molecular formula is C14H15NO3S2. The highest BCUT2D eigenvalue weighted by Gasteiger charge is 2.16. The first-order valence-corrected chi connectivity index (χ1v) is 8.25. The van der Waals surface area contributed by atoms with E-state index in [9.17, 15) is 4.79 Å². The van der Waals surface area contributed by atoms with E-state index in [4.69, 9.17) is 14.7 Å². The Bertz CT molecular complexity index is 503. The van der Waals surface area contributed by atoms with Crippen molar-refractivity contribution in [1.29, 1.82) is 5.26 Å². The number of rotatable bonds is 7. The van der Waals surface area contributed by atoms with Crippen LogP contribution in [0, 0.1) is 11.3 Å². The smallest absolute Gasteiger partial charge is 0.350 e. The van der Waals surface area contributed by atoms with Crippen LogP contribution < -0.4 is 4.74 Å². The predicted molar refractivity (Wildman–Crippen MR) is 82.6 cm³/mol. The van der Waals surface area contributed by atoms with Crippen molar-refractivity contribution in [3.63, 3.8) is 0 Å². The molecule has 0 aliphatic rings. The Morgan fingerprint density at radius 2 is 1.85 bits per heavy atom. The second kappa shape index (κ2) is 9.34. The number of benzene rings is 1. The van der Waals surface area contributed by atoms with Crippen LogP contribution in [0.1, 0.15) is 0 Å². The van der Waals surface area contributed by atoms with Gasteiger partial charge in [-0.25, -0.2) is 4.79 Å². The first kappa shape index (κ1) is 16.5. The summed E-state index contributed by atoms with van der Waals surface area (Å²) in [4.78, 5) is 11.8. The summed E-state index contributed by atoms with van der Waals surface area (Å²) in [7, 11) is 0. The molecule has 0 radical (unpaired) electrons. The number of nitriles is 1. The van der Waals surface area contributed by atoms with Crippen LogP contribution in [0.5, 0.6) is 5.75 Å². The highest BCUT2D eigenvalue weighted by atomic mass is 32.2. The Balaban J connectivity index is 2.44. The van der Waals surface area contributed by atoms with Crippen molar-refractivity contribution in [2.24, 2.45) is 0 Å². The van der Waals surface area contributed by atoms with E-state index < -0.39 is 5.97 Å². The maximum Gasteiger partial charge on any atom is 0.350 e. The van der Waals surface area contributed by atoms with Crippen molar-refractivity contribution in [1.82, 2.24) is 0 Å². The quantitative estimate of drug-likeness (QED) is 0.334. The summed E-state index contributed by atoms with van der Waals surface area (Å²) in [6, 6.07) is 11.1. The van der Waals surface area contributed by atoms with Crippen molar-refractivity contribution in [2.45, 2.75) is 0 Å². The zero-order valence-corrected chi connectivity index (χ0v) is 12.9. The topological polar surface area (TPSA) is 59.3 Å². The van der Waals surface area contributed by atoms with E-state index in [0.29, 0.717) is 9.99 Å². The summed E-state index contributed by atoms with van der Waals surface area (Å²) < 4.78 is 11.1. The minimum absolute atomic E-state index is 0.0460. The van der Waals surface area contributed by atoms with Crippen molar-refractivity contribution in [2.75, 3.05) is 25.7 Å². The lowest BCUT2D eigenvalue weighted by Gasteiger charge is -2.08. The molecule has 0 saturated heterocycles. The molecule has 0 bridgehead atoms. The van der Waals surface area contributed by atoms with Gasteiger partial charge in [-0.2, -0.15) is 5.26 Å². The molecule has 0 aliphatic carbocycles. The monoisotopic (exact) mass is 309 g/mol. The number of hydrogen-bond acceptors (Lipinski definition) is 6. The van der Waals surface area contributed by atoms with E-state index in [-0.39, 0.29) is 18.8 Å². The van der Waals surface area contributed by atoms with Crippen molar-refractivity contribution in [3.8, 4) is 11.8 Å². The summed E-state index contributed by atoms with van der Waals surface area (Å²) in [5.41, 5.74) is 0.0460. The third-order valence-corrected chi connectivity index (χ3v) is 4.37. The van der Waals surface area contributed by atoms with E-state index in [1.54, 1.807) is 0 Å². The number of nitrogens with zero attached hydrogens (tertiary/aromatic N) is 1. The summed E-state index contributed by atoms with van der Waals surface area (Å²) in [6.07, 6.45) is 3.63. The minimum Gasteiger partial charge on any atom is -0.490 e. The Hall–Kier alpha value is -1.58. The number of carbonyl (C=O) groups is 1. The van der Waals surface area contributed by atoms with E-state index in [2.05, 4.69) is 0 Å². The fraction of sp³-hybridized carbons (Fsp3) is 0.286. The number of hydrogen-bond donors (Lipinski definition) is 0. The second-order valence-corrected chi connectivity index (χ2v) is 5.37. The highest BCUT2D eigenvalue weighted by Crippen LogP contribution is 2.27. The molecule has 6 heteroatoms. The van der Waals surface area contributed by atoms with Crippen LogP contribution in [-0.4, -0.2) is 31.7 Å². The first-order valence-electron chi connectivity index (χ1n) is 5.80. The molecule has 106 valence electrons. The largest absolute Gasteiger partial charge is 0.490 e. The van der Waals surface area contributed by atoms with Gasteiger partial charge in [0.25, 0.3) is 0 Å². The maximum atomic E-state index is 11.8. The molecule has 0 fully saturated rings. The first-order chi connectivity index (χ1) is 9.72. The molecule has 0 spiro atoms. The Morgan fingerprint density at radius 1 is 1.20 bits per heavy atom. The van der Waals surface area contributed by atoms with Crippen molar-refractivity contribution in [3.05, 3.63) is 40.1 Å². The molecular weight excluding hydrogens is 294 g/mol. The van der Waals surface area contributed by atoms with Gasteiger partial charge in [0.2, 0.25) is 0 Å². The zero-order valence-electron chi connectivity index (χ0n) is 11.3. The highest BCUT2D eigenvalue weighted by molar-refractivity contribution is 8.21. The lowest BCUT2D eigenvalue weighted by Crippen LogP contribution is -2.14. The average molecular weight is 309 g/mol. The van der Waals surface area contributed by atoms with E-state index >= 15 is 0 Å². The number of esters is 1. The molecule has 0 heterocycles. The van der Waals surface area contributed by atoms with Gasteiger partial charge >= 0.3 is 5.97 Å².